The maximum Gasteiger partial charge on any atom is 0.410 e. The highest BCUT2D eigenvalue weighted by Crippen LogP contribution is 2.40. The SMILES string of the molecule is CN(C)C1CCC1COc1nc(N2CC3CCC(C2)N3C(=O)OC(C)(C)C)c2ccc(-c3cc(O)cc4ccccc34)c(F)c2n1. The van der Waals surface area contributed by atoms with Crippen molar-refractivity contribution in [3.05, 3.63) is 54.3 Å². The number of hydrogen-bond donors (Lipinski definition) is 1. The van der Waals surface area contributed by atoms with Crippen LogP contribution in [0.15, 0.2) is 48.5 Å². The average Bonchev–Trinajstić information content (AvgIpc) is 3.24. The van der Waals surface area contributed by atoms with Crippen molar-refractivity contribution >= 4 is 33.6 Å². The lowest BCUT2D eigenvalue weighted by molar-refractivity contribution is 0.0122. The molecule has 1 N–H and O–H groups in total. The number of halogens is 1. The molecule has 0 spiro atoms. The molecule has 1 aromatic heterocycles. The zero-order chi connectivity index (χ0) is 32.3. The molecule has 2 saturated heterocycles. The quantitative estimate of drug-likeness (QED) is 0.256. The standard InChI is InChI=1S/C36H42FN5O4/c1-36(2,3)46-35(44)42-23-11-12-24(42)19-41(18-23)33-28-14-13-27(29-17-25(43)16-21-8-6-7-9-26(21)29)31(37)32(28)38-34(39-33)45-20-22-10-15-30(22)40(4)5/h6-9,13-14,16-17,22-24,30,43H,10-12,15,18-20H2,1-5H3. The van der Waals surface area contributed by atoms with E-state index in [4.69, 9.17) is 14.5 Å². The fraction of sp³-hybridized carbons (Fsp3) is 0.472. The Kier molecular flexibility index (Phi) is 7.66. The first-order valence-corrected chi connectivity index (χ1v) is 16.2. The van der Waals surface area contributed by atoms with Crippen molar-refractivity contribution in [3.8, 4) is 22.9 Å². The van der Waals surface area contributed by atoms with Gasteiger partial charge in [-0.15, -0.1) is 0 Å². The normalized spacial score (nSPS) is 22.8. The van der Waals surface area contributed by atoms with Gasteiger partial charge in [-0.05, 0) is 95.1 Å². The number of aromatic hydroxyl groups is 1. The number of nitrogens with zero attached hydrogens (tertiary/aromatic N) is 5. The van der Waals surface area contributed by atoms with Gasteiger partial charge in [0.05, 0.1) is 18.7 Å². The van der Waals surface area contributed by atoms with Gasteiger partial charge in [-0.2, -0.15) is 9.97 Å². The minimum Gasteiger partial charge on any atom is -0.508 e. The van der Waals surface area contributed by atoms with Crippen LogP contribution >= 0.6 is 0 Å². The van der Waals surface area contributed by atoms with Crippen molar-refractivity contribution in [1.82, 2.24) is 19.8 Å². The number of piperazine rings is 1. The molecule has 242 valence electrons. The lowest BCUT2D eigenvalue weighted by atomic mass is 9.79. The number of amides is 1. The smallest absolute Gasteiger partial charge is 0.410 e. The predicted molar refractivity (Wildman–Crippen MR) is 177 cm³/mol. The molecule has 3 aromatic carbocycles. The van der Waals surface area contributed by atoms with Gasteiger partial charge in [0.15, 0.2) is 5.82 Å². The molecule has 10 heteroatoms. The van der Waals surface area contributed by atoms with E-state index in [0.717, 1.165) is 36.5 Å². The lowest BCUT2D eigenvalue weighted by Gasteiger charge is -2.42. The van der Waals surface area contributed by atoms with Gasteiger partial charge in [-0.3, -0.25) is 4.90 Å². The number of aromatic nitrogens is 2. The summed E-state index contributed by atoms with van der Waals surface area (Å²) < 4.78 is 28.7. The van der Waals surface area contributed by atoms with Crippen LogP contribution in [0.4, 0.5) is 15.0 Å². The third kappa shape index (κ3) is 5.57. The largest absolute Gasteiger partial charge is 0.508 e. The number of hydrogen-bond acceptors (Lipinski definition) is 8. The van der Waals surface area contributed by atoms with E-state index in [1.54, 1.807) is 18.2 Å². The summed E-state index contributed by atoms with van der Waals surface area (Å²) in [5.41, 5.74) is 0.525. The molecule has 3 fully saturated rings. The third-order valence-electron chi connectivity index (χ3n) is 9.76. The van der Waals surface area contributed by atoms with Crippen molar-refractivity contribution < 1.29 is 23.8 Å². The van der Waals surface area contributed by atoms with Crippen molar-refractivity contribution in [2.75, 3.05) is 38.7 Å². The Hall–Kier alpha value is -4.18. The van der Waals surface area contributed by atoms with Crippen LogP contribution in [0.1, 0.15) is 46.5 Å². The Morgan fingerprint density at radius 1 is 0.978 bits per heavy atom. The van der Waals surface area contributed by atoms with E-state index in [9.17, 15) is 9.90 Å². The van der Waals surface area contributed by atoms with Gasteiger partial charge in [0.25, 0.3) is 0 Å². The van der Waals surface area contributed by atoms with Crippen LogP contribution in [0.3, 0.4) is 0 Å². The number of carbonyl (C=O) groups is 1. The number of carbonyl (C=O) groups excluding carboxylic acids is 1. The Bertz CT molecular complexity index is 1790. The summed E-state index contributed by atoms with van der Waals surface area (Å²) in [6, 6.07) is 15.0. The summed E-state index contributed by atoms with van der Waals surface area (Å²) >= 11 is 0. The summed E-state index contributed by atoms with van der Waals surface area (Å²) in [6.07, 6.45) is 3.61. The van der Waals surface area contributed by atoms with Crippen LogP contribution in [0.5, 0.6) is 11.8 Å². The first-order valence-electron chi connectivity index (χ1n) is 16.2. The highest BCUT2D eigenvalue weighted by atomic mass is 19.1. The number of anilines is 1. The molecule has 0 radical (unpaired) electrons. The first-order chi connectivity index (χ1) is 22.0. The monoisotopic (exact) mass is 627 g/mol. The summed E-state index contributed by atoms with van der Waals surface area (Å²) in [6.45, 7) is 7.18. The molecule has 9 nitrogen and oxygen atoms in total. The molecule has 7 rings (SSSR count). The topological polar surface area (TPSA) is 91.3 Å². The van der Waals surface area contributed by atoms with Crippen LogP contribution in [-0.2, 0) is 4.74 Å². The number of fused-ring (bicyclic) bond motifs is 4. The molecule has 2 bridgehead atoms. The second-order valence-electron chi connectivity index (χ2n) is 14.2. The highest BCUT2D eigenvalue weighted by molar-refractivity contribution is 6.01. The Morgan fingerprint density at radius 3 is 2.39 bits per heavy atom. The molecule has 1 aliphatic carbocycles. The molecule has 1 saturated carbocycles. The highest BCUT2D eigenvalue weighted by Gasteiger charge is 2.45. The summed E-state index contributed by atoms with van der Waals surface area (Å²) in [7, 11) is 4.16. The lowest BCUT2D eigenvalue weighted by Crippen LogP contribution is -2.57. The maximum absolute atomic E-state index is 16.8. The third-order valence-corrected chi connectivity index (χ3v) is 9.76. The van der Waals surface area contributed by atoms with Gasteiger partial charge >= 0.3 is 12.1 Å². The maximum atomic E-state index is 16.8. The fourth-order valence-electron chi connectivity index (χ4n) is 7.45. The fourth-order valence-corrected chi connectivity index (χ4v) is 7.45. The van der Waals surface area contributed by atoms with Crippen LogP contribution in [0.25, 0.3) is 32.8 Å². The number of ether oxygens (including phenoxy) is 2. The van der Waals surface area contributed by atoms with E-state index in [2.05, 4.69) is 28.9 Å². The van der Waals surface area contributed by atoms with Crippen molar-refractivity contribution in [1.29, 1.82) is 0 Å². The Balaban J connectivity index is 1.28. The van der Waals surface area contributed by atoms with E-state index in [1.807, 2.05) is 56.0 Å². The average molecular weight is 628 g/mol. The molecule has 4 aromatic rings. The molecular weight excluding hydrogens is 585 g/mol. The number of phenolic OH excluding ortho intramolecular Hbond substituents is 1. The van der Waals surface area contributed by atoms with Gasteiger partial charge in [0.2, 0.25) is 0 Å². The van der Waals surface area contributed by atoms with Crippen LogP contribution in [-0.4, -0.2) is 88.5 Å². The molecule has 4 unspecified atom stereocenters. The minimum absolute atomic E-state index is 0.0402. The van der Waals surface area contributed by atoms with Gasteiger partial charge < -0.3 is 24.4 Å². The van der Waals surface area contributed by atoms with Crippen LogP contribution in [0, 0.1) is 11.7 Å². The predicted octanol–water partition coefficient (Wildman–Crippen LogP) is 6.60. The number of benzene rings is 3. The van der Waals surface area contributed by atoms with Gasteiger partial charge in [0, 0.05) is 36.0 Å². The summed E-state index contributed by atoms with van der Waals surface area (Å²) in [4.78, 5) is 28.9. The van der Waals surface area contributed by atoms with E-state index < -0.39 is 11.4 Å². The zero-order valence-corrected chi connectivity index (χ0v) is 27.2. The van der Waals surface area contributed by atoms with Gasteiger partial charge in [-0.25, -0.2) is 9.18 Å². The molecule has 1 amide bonds. The number of phenols is 1. The van der Waals surface area contributed by atoms with Crippen molar-refractivity contribution in [2.45, 2.75) is 70.2 Å². The summed E-state index contributed by atoms with van der Waals surface area (Å²) in [5.74, 6) is 0.521. The molecular formula is C36H42FN5O4. The molecule has 3 heterocycles. The van der Waals surface area contributed by atoms with E-state index in [1.165, 1.54) is 0 Å². The van der Waals surface area contributed by atoms with Crippen LogP contribution < -0.4 is 9.64 Å². The molecule has 4 atom stereocenters. The van der Waals surface area contributed by atoms with Gasteiger partial charge in [-0.1, -0.05) is 30.3 Å². The second-order valence-corrected chi connectivity index (χ2v) is 14.2. The van der Waals surface area contributed by atoms with E-state index in [-0.39, 0.29) is 35.5 Å². The van der Waals surface area contributed by atoms with E-state index in [0.29, 0.717) is 54.0 Å². The Labute approximate surface area is 268 Å². The van der Waals surface area contributed by atoms with Crippen molar-refractivity contribution in [3.63, 3.8) is 0 Å². The minimum atomic E-state index is -0.578. The second kappa shape index (κ2) is 11.6. The first kappa shape index (κ1) is 30.5. The van der Waals surface area contributed by atoms with Crippen molar-refractivity contribution in [2.24, 2.45) is 5.92 Å². The van der Waals surface area contributed by atoms with Gasteiger partial charge in [0.1, 0.15) is 22.7 Å². The molecule has 3 aliphatic rings. The van der Waals surface area contributed by atoms with E-state index >= 15 is 4.39 Å². The zero-order valence-electron chi connectivity index (χ0n) is 27.2. The summed E-state index contributed by atoms with van der Waals surface area (Å²) in [5, 5.41) is 12.7. The Morgan fingerprint density at radius 2 is 1.72 bits per heavy atom. The molecule has 46 heavy (non-hydrogen) atoms. The molecule has 2 aliphatic heterocycles. The van der Waals surface area contributed by atoms with Crippen LogP contribution in [0.2, 0.25) is 0 Å². The number of rotatable bonds is 6.